The van der Waals surface area contributed by atoms with E-state index in [1.54, 1.807) is 14.2 Å². The quantitative estimate of drug-likeness (QED) is 0.399. The molecule has 2 aliphatic heterocycles. The number of rotatable bonds is 5. The van der Waals surface area contributed by atoms with Gasteiger partial charge in [-0.3, -0.25) is 9.89 Å². The molecule has 2 heterocycles. The second kappa shape index (κ2) is 10.2. The molecular formula is C18H29IN4O2. The van der Waals surface area contributed by atoms with E-state index in [4.69, 9.17) is 9.47 Å². The molecule has 3 rings (SSSR count). The van der Waals surface area contributed by atoms with Gasteiger partial charge >= 0.3 is 0 Å². The molecular weight excluding hydrogens is 431 g/mol. The Hall–Kier alpha value is -1.06. The molecule has 0 bridgehead atoms. The number of ether oxygens (including phenoxy) is 2. The Labute approximate surface area is 167 Å². The summed E-state index contributed by atoms with van der Waals surface area (Å²) in [5.41, 5.74) is 1.19. The Balaban J connectivity index is 0.00000225. The summed E-state index contributed by atoms with van der Waals surface area (Å²) in [6.07, 6.45) is 2.82. The zero-order valence-electron chi connectivity index (χ0n) is 15.0. The highest BCUT2D eigenvalue weighted by molar-refractivity contribution is 14.0. The molecule has 6 nitrogen and oxygen atoms in total. The number of nitrogens with one attached hydrogen (secondary N) is 2. The van der Waals surface area contributed by atoms with E-state index in [1.807, 2.05) is 12.1 Å². The van der Waals surface area contributed by atoms with Gasteiger partial charge < -0.3 is 20.1 Å². The van der Waals surface area contributed by atoms with Crippen molar-refractivity contribution in [2.24, 2.45) is 4.99 Å². The zero-order chi connectivity index (χ0) is 16.8. The lowest BCUT2D eigenvalue weighted by molar-refractivity contribution is -0.0453. The summed E-state index contributed by atoms with van der Waals surface area (Å²) in [4.78, 5) is 6.85. The number of hydrogen-bond acceptors (Lipinski definition) is 4. The van der Waals surface area contributed by atoms with E-state index < -0.39 is 0 Å². The van der Waals surface area contributed by atoms with Crippen LogP contribution in [-0.2, 0) is 11.3 Å². The maximum atomic E-state index is 5.97. The van der Waals surface area contributed by atoms with Gasteiger partial charge in [-0.2, -0.15) is 0 Å². The molecule has 2 atom stereocenters. The van der Waals surface area contributed by atoms with Crippen LogP contribution in [0.25, 0.3) is 0 Å². The van der Waals surface area contributed by atoms with Crippen LogP contribution in [0.3, 0.4) is 0 Å². The van der Waals surface area contributed by atoms with Crippen LogP contribution >= 0.6 is 24.0 Å². The molecule has 2 aliphatic rings. The van der Waals surface area contributed by atoms with Gasteiger partial charge in [0.05, 0.1) is 19.8 Å². The first-order chi connectivity index (χ1) is 11.8. The molecule has 0 aromatic heterocycles. The highest BCUT2D eigenvalue weighted by Gasteiger charge is 2.32. The lowest BCUT2D eigenvalue weighted by Crippen LogP contribution is -2.51. The van der Waals surface area contributed by atoms with Crippen LogP contribution in [0.4, 0.5) is 0 Å². The fraction of sp³-hybridized carbons (Fsp3) is 0.611. The highest BCUT2D eigenvalue weighted by Crippen LogP contribution is 2.22. The van der Waals surface area contributed by atoms with E-state index in [0.29, 0.717) is 6.04 Å². The maximum absolute atomic E-state index is 5.97. The van der Waals surface area contributed by atoms with Crippen molar-refractivity contribution in [3.8, 4) is 5.75 Å². The molecule has 25 heavy (non-hydrogen) atoms. The van der Waals surface area contributed by atoms with E-state index >= 15 is 0 Å². The summed E-state index contributed by atoms with van der Waals surface area (Å²) in [7, 11) is 3.47. The molecule has 0 saturated carbocycles. The van der Waals surface area contributed by atoms with Crippen LogP contribution in [0.5, 0.6) is 5.75 Å². The Bertz CT molecular complexity index is 553. The van der Waals surface area contributed by atoms with Crippen molar-refractivity contribution in [3.05, 3.63) is 29.8 Å². The maximum Gasteiger partial charge on any atom is 0.191 e. The van der Waals surface area contributed by atoms with Gasteiger partial charge in [-0.15, -0.1) is 24.0 Å². The minimum absolute atomic E-state index is 0. The van der Waals surface area contributed by atoms with Gasteiger partial charge in [0.15, 0.2) is 5.96 Å². The summed E-state index contributed by atoms with van der Waals surface area (Å²) in [5.74, 6) is 1.67. The van der Waals surface area contributed by atoms with Gasteiger partial charge in [0.25, 0.3) is 0 Å². The highest BCUT2D eigenvalue weighted by atomic mass is 127. The number of aliphatic imine (C=N–C) groups is 1. The summed E-state index contributed by atoms with van der Waals surface area (Å²) < 4.78 is 11.2. The number of hydrogen-bond donors (Lipinski definition) is 2. The van der Waals surface area contributed by atoms with Crippen molar-refractivity contribution in [1.29, 1.82) is 0 Å². The van der Waals surface area contributed by atoms with Crippen LogP contribution in [0.15, 0.2) is 29.3 Å². The molecule has 140 valence electrons. The van der Waals surface area contributed by atoms with E-state index in [0.717, 1.165) is 38.0 Å². The van der Waals surface area contributed by atoms with Gasteiger partial charge in [-0.25, -0.2) is 0 Å². The summed E-state index contributed by atoms with van der Waals surface area (Å²) >= 11 is 0. The predicted molar refractivity (Wildman–Crippen MR) is 111 cm³/mol. The fourth-order valence-electron chi connectivity index (χ4n) is 3.37. The lowest BCUT2D eigenvalue weighted by atomic mass is 10.2. The Morgan fingerprint density at radius 3 is 2.84 bits per heavy atom. The van der Waals surface area contributed by atoms with Gasteiger partial charge in [-0.05, 0) is 37.1 Å². The molecule has 1 aromatic rings. The largest absolute Gasteiger partial charge is 0.497 e. The number of fused-ring (bicyclic) bond motifs is 1. The third kappa shape index (κ3) is 5.72. The molecule has 7 heteroatoms. The topological polar surface area (TPSA) is 58.1 Å². The minimum Gasteiger partial charge on any atom is -0.497 e. The van der Waals surface area contributed by atoms with Gasteiger partial charge in [-0.1, -0.05) is 12.1 Å². The second-order valence-corrected chi connectivity index (χ2v) is 6.40. The molecule has 1 aromatic carbocycles. The Kier molecular flexibility index (Phi) is 8.25. The lowest BCUT2D eigenvalue weighted by Gasteiger charge is -2.35. The van der Waals surface area contributed by atoms with E-state index in [1.165, 1.54) is 24.9 Å². The summed E-state index contributed by atoms with van der Waals surface area (Å²) in [6, 6.07) is 8.69. The third-order valence-corrected chi connectivity index (χ3v) is 4.80. The zero-order valence-corrected chi connectivity index (χ0v) is 17.4. The van der Waals surface area contributed by atoms with Crippen molar-refractivity contribution >= 4 is 29.9 Å². The number of halogens is 1. The van der Waals surface area contributed by atoms with Crippen molar-refractivity contribution in [2.75, 3.05) is 40.4 Å². The Morgan fingerprint density at radius 2 is 2.12 bits per heavy atom. The van der Waals surface area contributed by atoms with Crippen LogP contribution in [0.1, 0.15) is 18.4 Å². The van der Waals surface area contributed by atoms with Crippen molar-refractivity contribution in [1.82, 2.24) is 15.5 Å². The SMILES string of the molecule is CN=C(NCc1ccc(OC)cc1)NCC1CN2CCCC2CO1.I. The number of guanidine groups is 1. The molecule has 2 unspecified atom stereocenters. The summed E-state index contributed by atoms with van der Waals surface area (Å²) in [5, 5.41) is 6.71. The first kappa shape index (κ1) is 20.3. The van der Waals surface area contributed by atoms with E-state index in [2.05, 4.69) is 32.7 Å². The molecule has 2 fully saturated rings. The first-order valence-corrected chi connectivity index (χ1v) is 8.71. The van der Waals surface area contributed by atoms with Gasteiger partial charge in [0, 0.05) is 32.7 Å². The van der Waals surface area contributed by atoms with Crippen LogP contribution in [0, 0.1) is 0 Å². The molecule has 0 spiro atoms. The number of morpholine rings is 1. The molecule has 2 N–H and O–H groups in total. The second-order valence-electron chi connectivity index (χ2n) is 6.40. The van der Waals surface area contributed by atoms with Crippen molar-refractivity contribution in [3.63, 3.8) is 0 Å². The van der Waals surface area contributed by atoms with Crippen molar-refractivity contribution < 1.29 is 9.47 Å². The van der Waals surface area contributed by atoms with E-state index in [-0.39, 0.29) is 30.1 Å². The summed E-state index contributed by atoms with van der Waals surface area (Å²) in [6.45, 7) is 4.61. The number of benzene rings is 1. The average Bonchev–Trinajstić information content (AvgIpc) is 3.10. The standard InChI is InChI=1S/C18H28N4O2.HI/c1-19-18(20-10-14-5-7-16(23-2)8-6-14)21-11-17-12-22-9-3-4-15(22)13-24-17;/h5-8,15,17H,3-4,9-13H2,1-2H3,(H2,19,20,21);1H. The first-order valence-electron chi connectivity index (χ1n) is 8.71. The molecule has 0 amide bonds. The van der Waals surface area contributed by atoms with Crippen molar-refractivity contribution in [2.45, 2.75) is 31.5 Å². The van der Waals surface area contributed by atoms with Crippen LogP contribution < -0.4 is 15.4 Å². The van der Waals surface area contributed by atoms with E-state index in [9.17, 15) is 0 Å². The molecule has 2 saturated heterocycles. The van der Waals surface area contributed by atoms with Crippen LogP contribution in [-0.4, -0.2) is 63.4 Å². The minimum atomic E-state index is 0. The third-order valence-electron chi connectivity index (χ3n) is 4.80. The van der Waals surface area contributed by atoms with Gasteiger partial charge in [0.1, 0.15) is 5.75 Å². The predicted octanol–water partition coefficient (Wildman–Crippen LogP) is 1.84. The molecule has 0 aliphatic carbocycles. The van der Waals surface area contributed by atoms with Gasteiger partial charge in [0.2, 0.25) is 0 Å². The normalized spacial score (nSPS) is 23.5. The number of nitrogens with zero attached hydrogens (tertiary/aromatic N) is 2. The number of methoxy groups -OCH3 is 1. The fourth-order valence-corrected chi connectivity index (χ4v) is 3.37. The van der Waals surface area contributed by atoms with Crippen LogP contribution in [0.2, 0.25) is 0 Å². The smallest absolute Gasteiger partial charge is 0.191 e. The average molecular weight is 460 g/mol. The monoisotopic (exact) mass is 460 g/mol. The molecule has 0 radical (unpaired) electrons. The Morgan fingerprint density at radius 1 is 1.32 bits per heavy atom.